The summed E-state index contributed by atoms with van der Waals surface area (Å²) in [4.78, 5) is 1.95. The van der Waals surface area contributed by atoms with Gasteiger partial charge in [-0.3, -0.25) is 4.90 Å². The lowest BCUT2D eigenvalue weighted by atomic mass is 10.1. The topological polar surface area (TPSA) is 57.6 Å². The molecule has 0 spiro atoms. The van der Waals surface area contributed by atoms with Crippen molar-refractivity contribution in [3.8, 4) is 5.75 Å². The molecule has 0 radical (unpaired) electrons. The van der Waals surface area contributed by atoms with Crippen LogP contribution in [0.15, 0.2) is 18.2 Å². The van der Waals surface area contributed by atoms with Crippen molar-refractivity contribution in [3.05, 3.63) is 28.8 Å². The van der Waals surface area contributed by atoms with E-state index in [0.717, 1.165) is 0 Å². The van der Waals surface area contributed by atoms with Gasteiger partial charge < -0.3 is 5.11 Å². The van der Waals surface area contributed by atoms with E-state index >= 15 is 0 Å². The maximum atomic E-state index is 11.4. The molecule has 1 heterocycles. The molecule has 1 fully saturated rings. The number of halogens is 1. The first-order chi connectivity index (χ1) is 8.39. The molecule has 18 heavy (non-hydrogen) atoms. The Balaban J connectivity index is 2.08. The zero-order valence-corrected chi connectivity index (χ0v) is 11.7. The molecule has 0 bridgehead atoms. The molecule has 1 aromatic rings. The summed E-state index contributed by atoms with van der Waals surface area (Å²) in [7, 11) is -1.01. The highest BCUT2D eigenvalue weighted by Crippen LogP contribution is 2.28. The summed E-state index contributed by atoms with van der Waals surface area (Å²) < 4.78 is 22.8. The number of rotatable bonds is 3. The summed E-state index contributed by atoms with van der Waals surface area (Å²) in [6.45, 7) is 0.493. The van der Waals surface area contributed by atoms with Crippen LogP contribution in [0.25, 0.3) is 0 Å². The number of phenolic OH excluding ortho intramolecular Hbond substituents is 1. The van der Waals surface area contributed by atoms with Crippen molar-refractivity contribution < 1.29 is 13.5 Å². The third-order valence-corrected chi connectivity index (χ3v) is 5.38. The summed E-state index contributed by atoms with van der Waals surface area (Å²) in [5.41, 5.74) is 0.717. The van der Waals surface area contributed by atoms with Gasteiger partial charge in [0.25, 0.3) is 0 Å². The molecule has 1 unspecified atom stereocenters. The van der Waals surface area contributed by atoms with Crippen molar-refractivity contribution in [2.75, 3.05) is 18.6 Å². The van der Waals surface area contributed by atoms with Crippen molar-refractivity contribution in [1.82, 2.24) is 4.90 Å². The number of aromatic hydroxyl groups is 1. The molecule has 1 aliphatic rings. The van der Waals surface area contributed by atoms with Crippen LogP contribution in [0.3, 0.4) is 0 Å². The Bertz CT molecular complexity index is 544. The number of hydrogen-bond donors (Lipinski definition) is 1. The van der Waals surface area contributed by atoms with Gasteiger partial charge in [0.1, 0.15) is 5.75 Å². The zero-order chi connectivity index (χ0) is 13.3. The van der Waals surface area contributed by atoms with E-state index in [4.69, 9.17) is 11.6 Å². The van der Waals surface area contributed by atoms with Crippen LogP contribution in [0, 0.1) is 0 Å². The quantitative estimate of drug-likeness (QED) is 0.919. The molecule has 2 rings (SSSR count). The molecule has 100 valence electrons. The molecule has 1 saturated heterocycles. The Morgan fingerprint density at radius 3 is 2.83 bits per heavy atom. The molecule has 1 N–H and O–H groups in total. The largest absolute Gasteiger partial charge is 0.506 e. The van der Waals surface area contributed by atoms with E-state index in [1.807, 2.05) is 11.9 Å². The maximum Gasteiger partial charge on any atom is 0.151 e. The van der Waals surface area contributed by atoms with Gasteiger partial charge >= 0.3 is 0 Å². The molecule has 0 amide bonds. The molecule has 1 atom stereocenters. The Morgan fingerprint density at radius 2 is 2.22 bits per heavy atom. The average Bonchev–Trinajstić information content (AvgIpc) is 2.65. The van der Waals surface area contributed by atoms with Gasteiger partial charge in [-0.2, -0.15) is 0 Å². The SMILES string of the molecule is CN(Cc1cccc(Cl)c1O)C1CCS(=O)(=O)C1. The summed E-state index contributed by atoms with van der Waals surface area (Å²) in [5.74, 6) is 0.529. The molecule has 0 saturated carbocycles. The van der Waals surface area contributed by atoms with Crippen LogP contribution in [0.5, 0.6) is 5.75 Å². The van der Waals surface area contributed by atoms with Crippen molar-refractivity contribution in [2.24, 2.45) is 0 Å². The number of benzene rings is 1. The normalized spacial score (nSPS) is 22.5. The van der Waals surface area contributed by atoms with Crippen LogP contribution >= 0.6 is 11.6 Å². The van der Waals surface area contributed by atoms with Crippen LogP contribution in [0.4, 0.5) is 0 Å². The minimum atomic E-state index is -2.88. The van der Waals surface area contributed by atoms with E-state index < -0.39 is 9.84 Å². The van der Waals surface area contributed by atoms with Crippen LogP contribution in [0.1, 0.15) is 12.0 Å². The van der Waals surface area contributed by atoms with Crippen LogP contribution in [0.2, 0.25) is 5.02 Å². The summed E-state index contributed by atoms with van der Waals surface area (Å²) in [6, 6.07) is 5.21. The predicted molar refractivity (Wildman–Crippen MR) is 71.6 cm³/mol. The van der Waals surface area contributed by atoms with Crippen LogP contribution in [-0.2, 0) is 16.4 Å². The van der Waals surface area contributed by atoms with Gasteiger partial charge in [-0.05, 0) is 19.5 Å². The fraction of sp³-hybridized carbons (Fsp3) is 0.500. The first kappa shape index (κ1) is 13.6. The lowest BCUT2D eigenvalue weighted by molar-refractivity contribution is 0.250. The fourth-order valence-electron chi connectivity index (χ4n) is 2.21. The highest BCUT2D eigenvalue weighted by atomic mass is 35.5. The van der Waals surface area contributed by atoms with Gasteiger partial charge in [-0.25, -0.2) is 8.42 Å². The molecular weight excluding hydrogens is 274 g/mol. The second-order valence-electron chi connectivity index (χ2n) is 4.72. The van der Waals surface area contributed by atoms with E-state index in [1.54, 1.807) is 18.2 Å². The van der Waals surface area contributed by atoms with Crippen molar-refractivity contribution in [3.63, 3.8) is 0 Å². The first-order valence-corrected chi connectivity index (χ1v) is 7.96. The van der Waals surface area contributed by atoms with E-state index in [2.05, 4.69) is 0 Å². The van der Waals surface area contributed by atoms with Gasteiger partial charge in [0.05, 0.1) is 16.5 Å². The van der Waals surface area contributed by atoms with E-state index in [-0.39, 0.29) is 23.3 Å². The molecule has 1 aromatic carbocycles. The zero-order valence-electron chi connectivity index (χ0n) is 10.1. The molecular formula is C12H16ClNO3S. The highest BCUT2D eigenvalue weighted by Gasteiger charge is 2.30. The monoisotopic (exact) mass is 289 g/mol. The van der Waals surface area contributed by atoms with Crippen LogP contribution in [-0.4, -0.2) is 43.0 Å². The fourth-order valence-corrected chi connectivity index (χ4v) is 4.21. The van der Waals surface area contributed by atoms with E-state index in [1.165, 1.54) is 0 Å². The highest BCUT2D eigenvalue weighted by molar-refractivity contribution is 7.91. The number of nitrogens with zero attached hydrogens (tertiary/aromatic N) is 1. The lowest BCUT2D eigenvalue weighted by Gasteiger charge is -2.23. The first-order valence-electron chi connectivity index (χ1n) is 5.76. The Hall–Kier alpha value is -0.780. The second-order valence-corrected chi connectivity index (χ2v) is 7.36. The average molecular weight is 290 g/mol. The summed E-state index contributed by atoms with van der Waals surface area (Å²) >= 11 is 5.84. The van der Waals surface area contributed by atoms with Gasteiger partial charge in [-0.15, -0.1) is 0 Å². The maximum absolute atomic E-state index is 11.4. The lowest BCUT2D eigenvalue weighted by Crippen LogP contribution is -2.32. The molecule has 4 nitrogen and oxygen atoms in total. The summed E-state index contributed by atoms with van der Waals surface area (Å²) in [5, 5.41) is 10.1. The molecule has 0 aliphatic carbocycles. The Labute approximate surface area is 112 Å². The van der Waals surface area contributed by atoms with Gasteiger partial charge in [0, 0.05) is 18.2 Å². The summed E-state index contributed by atoms with van der Waals surface area (Å²) in [6.07, 6.45) is 0.653. The number of hydrogen-bond acceptors (Lipinski definition) is 4. The van der Waals surface area contributed by atoms with Crippen molar-refractivity contribution in [1.29, 1.82) is 0 Å². The third-order valence-electron chi connectivity index (χ3n) is 3.32. The molecule has 0 aromatic heterocycles. The van der Waals surface area contributed by atoms with Crippen LogP contribution < -0.4 is 0 Å². The standard InChI is InChI=1S/C12H16ClNO3S/c1-14(10-5-6-18(16,17)8-10)7-9-3-2-4-11(13)12(9)15/h2-4,10,15H,5-8H2,1H3. The smallest absolute Gasteiger partial charge is 0.151 e. The van der Waals surface area contributed by atoms with E-state index in [0.29, 0.717) is 23.6 Å². The molecule has 1 aliphatic heterocycles. The number of para-hydroxylation sites is 1. The van der Waals surface area contributed by atoms with Gasteiger partial charge in [0.2, 0.25) is 0 Å². The minimum Gasteiger partial charge on any atom is -0.506 e. The second kappa shape index (κ2) is 5.07. The van der Waals surface area contributed by atoms with Gasteiger partial charge in [0.15, 0.2) is 9.84 Å². The number of phenols is 1. The number of sulfone groups is 1. The minimum absolute atomic E-state index is 0.0216. The van der Waals surface area contributed by atoms with Crippen molar-refractivity contribution >= 4 is 21.4 Å². The molecule has 6 heteroatoms. The van der Waals surface area contributed by atoms with Crippen molar-refractivity contribution in [2.45, 2.75) is 19.0 Å². The Kier molecular flexibility index (Phi) is 3.84. The Morgan fingerprint density at radius 1 is 1.50 bits per heavy atom. The van der Waals surface area contributed by atoms with Gasteiger partial charge in [-0.1, -0.05) is 23.7 Å². The van der Waals surface area contributed by atoms with E-state index in [9.17, 15) is 13.5 Å². The predicted octanol–water partition coefficient (Wildman–Crippen LogP) is 1.66. The third kappa shape index (κ3) is 2.96.